The molecule has 0 saturated heterocycles. The summed E-state index contributed by atoms with van der Waals surface area (Å²) in [6, 6.07) is 17.3. The van der Waals surface area contributed by atoms with Crippen molar-refractivity contribution in [3.63, 3.8) is 0 Å². The molecule has 8 heteroatoms. The van der Waals surface area contributed by atoms with Gasteiger partial charge in [-0.3, -0.25) is 14.5 Å². The number of hydrogen-bond donors (Lipinski definition) is 0. The number of rotatable bonds is 7. The molecule has 0 bridgehead atoms. The first-order chi connectivity index (χ1) is 17.0. The first kappa shape index (κ1) is 22.5. The Morgan fingerprint density at radius 2 is 1.80 bits per heavy atom. The summed E-state index contributed by atoms with van der Waals surface area (Å²) in [6.45, 7) is 7.77. The summed E-state index contributed by atoms with van der Waals surface area (Å²) in [6.07, 6.45) is 5.00. The summed E-state index contributed by atoms with van der Waals surface area (Å²) in [7, 11) is 0. The summed E-state index contributed by atoms with van der Waals surface area (Å²) < 4.78 is 3.87. The molecule has 0 N–H and O–H groups in total. The highest BCUT2D eigenvalue weighted by molar-refractivity contribution is 7.14. The molecule has 5 rings (SSSR count). The van der Waals surface area contributed by atoms with Crippen LogP contribution in [0, 0.1) is 6.92 Å². The summed E-state index contributed by atoms with van der Waals surface area (Å²) in [5.74, 6) is -0.295. The second-order valence-electron chi connectivity index (χ2n) is 8.03. The van der Waals surface area contributed by atoms with Crippen LogP contribution in [0.1, 0.15) is 28.7 Å². The van der Waals surface area contributed by atoms with E-state index in [2.05, 4.69) is 21.2 Å². The van der Waals surface area contributed by atoms with Crippen molar-refractivity contribution in [2.45, 2.75) is 20.4 Å². The smallest absolute Gasteiger partial charge is 0.230 e. The molecule has 7 nitrogen and oxygen atoms in total. The van der Waals surface area contributed by atoms with Gasteiger partial charge in [-0.15, -0.1) is 17.9 Å². The van der Waals surface area contributed by atoms with Gasteiger partial charge in [-0.05, 0) is 43.3 Å². The van der Waals surface area contributed by atoms with Gasteiger partial charge in [-0.2, -0.15) is 5.10 Å². The standard InChI is InChI=1S/C27H23N5O2S/c1-4-16-30-22-12-8-9-13-23(22)32-26(30)25(18(2)29-32)24(34)15-14-20-17-35-27(28-20)31(19(3)33)21-10-6-5-7-11-21/h4-15,17H,1,16H2,2-3H3. The maximum Gasteiger partial charge on any atom is 0.230 e. The SMILES string of the molecule is C=CCn1c2ccccc2n2nc(C)c(C(=O)C=Cc3csc(N(C(C)=O)c4ccccc4)n3)c12. The molecule has 3 heterocycles. The molecule has 0 atom stereocenters. The van der Waals surface area contributed by atoms with Gasteiger partial charge in [0.15, 0.2) is 10.9 Å². The van der Waals surface area contributed by atoms with Crippen LogP contribution in [0.15, 0.2) is 78.7 Å². The zero-order valence-electron chi connectivity index (χ0n) is 19.4. The van der Waals surface area contributed by atoms with Crippen molar-refractivity contribution in [3.05, 3.63) is 95.7 Å². The number of thiazole rings is 1. The topological polar surface area (TPSA) is 72.5 Å². The van der Waals surface area contributed by atoms with E-state index in [1.54, 1.807) is 11.0 Å². The van der Waals surface area contributed by atoms with Gasteiger partial charge in [0, 0.05) is 18.8 Å². The van der Waals surface area contributed by atoms with Crippen molar-refractivity contribution in [1.29, 1.82) is 0 Å². The van der Waals surface area contributed by atoms with Crippen molar-refractivity contribution < 1.29 is 9.59 Å². The molecule has 0 fully saturated rings. The Bertz CT molecular complexity index is 1610. The van der Waals surface area contributed by atoms with E-state index in [9.17, 15) is 9.59 Å². The predicted octanol–water partition coefficient (Wildman–Crippen LogP) is 5.82. The Morgan fingerprint density at radius 1 is 1.09 bits per heavy atom. The number of carbonyl (C=O) groups is 2. The highest BCUT2D eigenvalue weighted by atomic mass is 32.1. The van der Waals surface area contributed by atoms with E-state index in [1.165, 1.54) is 24.3 Å². The molecular formula is C27H23N5O2S. The minimum Gasteiger partial charge on any atom is -0.320 e. The number of aromatic nitrogens is 4. The summed E-state index contributed by atoms with van der Waals surface area (Å²) in [5, 5.41) is 7.02. The third-order valence-electron chi connectivity index (χ3n) is 5.69. The van der Waals surface area contributed by atoms with Crippen LogP contribution in [-0.4, -0.2) is 30.9 Å². The molecule has 5 aromatic rings. The lowest BCUT2D eigenvalue weighted by Crippen LogP contribution is -2.22. The molecule has 0 spiro atoms. The number of hydrogen-bond acceptors (Lipinski definition) is 5. The van der Waals surface area contributed by atoms with Crippen molar-refractivity contribution in [1.82, 2.24) is 19.2 Å². The Hall–Kier alpha value is -4.30. The lowest BCUT2D eigenvalue weighted by molar-refractivity contribution is -0.115. The fraction of sp³-hybridized carbons (Fsp3) is 0.111. The van der Waals surface area contributed by atoms with Gasteiger partial charge < -0.3 is 4.57 Å². The number of amides is 1. The van der Waals surface area contributed by atoms with E-state index in [0.29, 0.717) is 28.6 Å². The Balaban J connectivity index is 1.50. The van der Waals surface area contributed by atoms with Crippen LogP contribution < -0.4 is 4.90 Å². The normalized spacial score (nSPS) is 11.5. The van der Waals surface area contributed by atoms with Crippen LogP contribution in [-0.2, 0) is 11.3 Å². The molecule has 35 heavy (non-hydrogen) atoms. The quantitative estimate of drug-likeness (QED) is 0.167. The third-order valence-corrected chi connectivity index (χ3v) is 6.53. The molecular weight excluding hydrogens is 458 g/mol. The number of aryl methyl sites for hydroxylation is 1. The maximum absolute atomic E-state index is 13.3. The molecule has 3 aromatic heterocycles. The van der Waals surface area contributed by atoms with Crippen LogP contribution in [0.4, 0.5) is 10.8 Å². The number of ketones is 1. The van der Waals surface area contributed by atoms with Crippen molar-refractivity contribution in [3.8, 4) is 0 Å². The molecule has 0 aliphatic rings. The summed E-state index contributed by atoms with van der Waals surface area (Å²) >= 11 is 1.35. The molecule has 0 aliphatic heterocycles. The van der Waals surface area contributed by atoms with Crippen LogP contribution in [0.3, 0.4) is 0 Å². The fourth-order valence-electron chi connectivity index (χ4n) is 4.22. The monoisotopic (exact) mass is 481 g/mol. The predicted molar refractivity (Wildman–Crippen MR) is 140 cm³/mol. The number of nitrogens with zero attached hydrogens (tertiary/aromatic N) is 5. The maximum atomic E-state index is 13.3. The molecule has 0 radical (unpaired) electrons. The number of para-hydroxylation sites is 3. The molecule has 0 aliphatic carbocycles. The fourth-order valence-corrected chi connectivity index (χ4v) is 5.08. The number of allylic oxidation sites excluding steroid dienone is 2. The van der Waals surface area contributed by atoms with Crippen LogP contribution in [0.5, 0.6) is 0 Å². The van der Waals surface area contributed by atoms with E-state index >= 15 is 0 Å². The highest BCUT2D eigenvalue weighted by Gasteiger charge is 2.22. The minimum atomic E-state index is -0.161. The summed E-state index contributed by atoms with van der Waals surface area (Å²) in [4.78, 5) is 31.8. The number of anilines is 2. The van der Waals surface area contributed by atoms with Gasteiger partial charge in [0.05, 0.1) is 33.7 Å². The van der Waals surface area contributed by atoms with Gasteiger partial charge in [-0.25, -0.2) is 9.50 Å². The van der Waals surface area contributed by atoms with E-state index in [0.717, 1.165) is 22.4 Å². The van der Waals surface area contributed by atoms with Crippen LogP contribution >= 0.6 is 11.3 Å². The van der Waals surface area contributed by atoms with Crippen molar-refractivity contribution >= 4 is 56.6 Å². The number of fused-ring (bicyclic) bond motifs is 3. The van der Waals surface area contributed by atoms with E-state index in [-0.39, 0.29) is 11.7 Å². The number of carbonyl (C=O) groups excluding carboxylic acids is 2. The van der Waals surface area contributed by atoms with E-state index in [4.69, 9.17) is 0 Å². The largest absolute Gasteiger partial charge is 0.320 e. The minimum absolute atomic E-state index is 0.134. The van der Waals surface area contributed by atoms with Gasteiger partial charge >= 0.3 is 0 Å². The lowest BCUT2D eigenvalue weighted by Gasteiger charge is -2.17. The average molecular weight is 482 g/mol. The Morgan fingerprint density at radius 3 is 2.51 bits per heavy atom. The van der Waals surface area contributed by atoms with Crippen molar-refractivity contribution in [2.75, 3.05) is 4.90 Å². The second kappa shape index (κ2) is 9.15. The zero-order chi connectivity index (χ0) is 24.5. The first-order valence-electron chi connectivity index (χ1n) is 11.1. The molecule has 0 saturated carbocycles. The number of benzene rings is 2. The first-order valence-corrected chi connectivity index (χ1v) is 12.0. The second-order valence-corrected chi connectivity index (χ2v) is 8.86. The average Bonchev–Trinajstić information content (AvgIpc) is 3.53. The molecule has 174 valence electrons. The lowest BCUT2D eigenvalue weighted by atomic mass is 10.1. The van der Waals surface area contributed by atoms with Crippen molar-refractivity contribution in [2.24, 2.45) is 0 Å². The molecule has 1 amide bonds. The summed E-state index contributed by atoms with van der Waals surface area (Å²) in [5.41, 5.74) is 5.21. The van der Waals surface area contributed by atoms with Crippen LogP contribution in [0.2, 0.25) is 0 Å². The van der Waals surface area contributed by atoms with Gasteiger partial charge in [0.1, 0.15) is 5.65 Å². The highest BCUT2D eigenvalue weighted by Crippen LogP contribution is 2.30. The van der Waals surface area contributed by atoms with Gasteiger partial charge in [-0.1, -0.05) is 36.4 Å². The molecule has 0 unspecified atom stereocenters. The zero-order valence-corrected chi connectivity index (χ0v) is 20.2. The van der Waals surface area contributed by atoms with Gasteiger partial charge in [0.2, 0.25) is 5.91 Å². The third kappa shape index (κ3) is 3.98. The van der Waals surface area contributed by atoms with Gasteiger partial charge in [0.25, 0.3) is 0 Å². The Kier molecular flexibility index (Phi) is 5.88. The Labute approximate surface area is 206 Å². The van der Waals surface area contributed by atoms with E-state index in [1.807, 2.05) is 77.5 Å². The number of imidazole rings is 1. The van der Waals surface area contributed by atoms with E-state index < -0.39 is 0 Å². The molecule has 2 aromatic carbocycles. The van der Waals surface area contributed by atoms with Crippen LogP contribution in [0.25, 0.3) is 22.8 Å².